The van der Waals surface area contributed by atoms with Crippen LogP contribution < -0.4 is 0 Å². The fraction of sp³-hybridized carbons (Fsp3) is 0.917. The summed E-state index contributed by atoms with van der Waals surface area (Å²) >= 11 is 0. The lowest BCUT2D eigenvalue weighted by atomic mass is 9.33. The van der Waals surface area contributed by atoms with Crippen LogP contribution in [-0.4, -0.2) is 363 Å². The number of aliphatic hydroxyl groups is 18. The number of carbonyl (C=O) groups excluding carboxylic acids is 3. The smallest absolute Gasteiger partial charge is 0.335 e. The highest BCUT2D eigenvalue weighted by Crippen LogP contribution is 2.76. The molecule has 5 aliphatic carbocycles. The summed E-state index contributed by atoms with van der Waals surface area (Å²) in [4.78, 5) is 55.5. The second kappa shape index (κ2) is 32.5. The summed E-state index contributed by atoms with van der Waals surface area (Å²) in [5.74, 6) is -5.12. The highest BCUT2D eigenvalue weighted by Gasteiger charge is 2.73. The van der Waals surface area contributed by atoms with Gasteiger partial charge in [0.05, 0.1) is 49.7 Å². The van der Waals surface area contributed by atoms with Gasteiger partial charge in [0.25, 0.3) is 0 Å². The van der Waals surface area contributed by atoms with Gasteiger partial charge in [-0.25, -0.2) is 4.79 Å². The summed E-state index contributed by atoms with van der Waals surface area (Å²) in [6.07, 6.45) is -59.1. The number of rotatable bonds is 19. The Morgan fingerprint density at radius 1 is 0.509 bits per heavy atom. The van der Waals surface area contributed by atoms with Crippen LogP contribution in [0.25, 0.3) is 0 Å². The third kappa shape index (κ3) is 15.0. The number of aliphatic hydroxyl groups excluding tert-OH is 18. The topological polar surface area (TPSA) is 591 Å². The number of aliphatic carboxylic acids is 1. The van der Waals surface area contributed by atoms with Crippen LogP contribution in [0.1, 0.15) is 120 Å². The molecule has 7 aliphatic heterocycles. The van der Waals surface area contributed by atoms with E-state index in [-0.39, 0.29) is 25.2 Å². The van der Waals surface area contributed by atoms with E-state index in [0.717, 1.165) is 18.8 Å². The maximum absolute atomic E-state index is 16.2. The fourth-order valence-electron chi connectivity index (χ4n) is 20.4. The molecule has 0 spiro atoms. The van der Waals surface area contributed by atoms with Gasteiger partial charge in [-0.05, 0) is 111 Å². The molecule has 0 aromatic heterocycles. The molecule has 110 heavy (non-hydrogen) atoms. The van der Waals surface area contributed by atoms with Crippen molar-refractivity contribution in [2.45, 2.75) is 335 Å². The fourth-order valence-corrected chi connectivity index (χ4v) is 20.4. The number of aldehydes is 1. The Balaban J connectivity index is 0.840. The highest BCUT2D eigenvalue weighted by atomic mass is 16.8. The molecule has 38 heteroatoms. The first-order chi connectivity index (χ1) is 51.5. The third-order valence-electron chi connectivity index (χ3n) is 27.1. The Bertz CT molecular complexity index is 3260. The van der Waals surface area contributed by atoms with Gasteiger partial charge in [0.1, 0.15) is 153 Å². The molecule has 12 aliphatic rings. The number of hydrogen-bond acceptors (Lipinski definition) is 37. The maximum Gasteiger partial charge on any atom is 0.335 e. The van der Waals surface area contributed by atoms with Gasteiger partial charge in [-0.3, -0.25) is 9.59 Å². The predicted octanol–water partition coefficient (Wildman–Crippen LogP) is -6.42. The van der Waals surface area contributed by atoms with Gasteiger partial charge in [-0.15, -0.1) is 0 Å². The molecular formula is C72H112O38. The van der Waals surface area contributed by atoms with Crippen molar-refractivity contribution in [3.8, 4) is 0 Å². The summed E-state index contributed by atoms with van der Waals surface area (Å²) in [5.41, 5.74) is -5.27. The standard InChI is InChI=1S/C72H112O38/c1-25-38(79)53(106-63-49(90)44(85)42(83)33(102-63)23-96-27(3)75)56(108-61-50(91)45(86)52(26(2)100-61)104-59-46(87)39(80)30(76)21-97-59)64(99-25)110-66(95)72-17-16-67(4,5)18-29(72)28-10-11-35-68(6)14-13-37(69(7,24-74)34(68)12-15-70(35,8)71(28,9)19-36(72)78)103-65-57(109-62-48(89)43(84)41(82)32(20-73)101-62)54(51(92)55(107-65)58(93)94)105-60-47(88)40(81)31(77)22-98-60/h10,24-26,29-57,59-65,73,76-92H,11-23H2,1-9H3,(H,93,94)/t25-,26+,29+,30-,31-,32-,33-,34-,35-,36-,37+,38+,39+,40+,41+,42-,43+,44+,45+,46-,47-,48-,49-,50-,51+,52+,53+,54+,55+,56-,57-,59+,60+,61+,62+,63+,64+,65-,68+,69+,70-,71-,72-/m1/s1. The van der Waals surface area contributed by atoms with Gasteiger partial charge in [0.15, 0.2) is 49.9 Å². The zero-order valence-electron chi connectivity index (χ0n) is 62.5. The number of carbonyl (C=O) groups is 4. The number of ether oxygens (including phenoxy) is 15. The van der Waals surface area contributed by atoms with E-state index in [9.17, 15) is 111 Å². The van der Waals surface area contributed by atoms with Gasteiger partial charge in [0, 0.05) is 6.92 Å². The molecular weight excluding hydrogens is 1470 g/mol. The monoisotopic (exact) mass is 1580 g/mol. The zero-order chi connectivity index (χ0) is 80.5. The molecule has 12 rings (SSSR count). The molecule has 0 aromatic carbocycles. The Morgan fingerprint density at radius 2 is 1.03 bits per heavy atom. The van der Waals surface area contributed by atoms with E-state index in [4.69, 9.17) is 71.1 Å². The SMILES string of the molecule is CC(=O)OC[C@H]1O[C@@H](O[C@H]2[C@@H](O)[C@@H](C)O[C@@H](OC(=O)[C@]34CCC(C)(C)C[C@H]3C3=CC[C@@H]5[C@@]6(C)CC[C@H](O[C@@H]7O[C@H](C(=O)O)[C@@H](O)[C@H](O[C@@H]8OC[C@@H](O)[C@H](O)[C@H]8O)[C@H]7O[C@@H]7O[C@H](CO)[C@H](O)[C@H](O)[C@H]7O)[C@@](C)(C=O)[C@@H]6CC[C@@]5(C)[C@]3(C)C[C@H]4O)[C@@H]2O[C@@H]2O[C@@H](C)[C@H](O[C@@H]3OC[C@@H](O)[C@H](O)[C@H]3O)[C@@H](O)[C@H]2O)[C@H](O)[C@@H](O)[C@@H]1O. The molecule has 628 valence electrons. The summed E-state index contributed by atoms with van der Waals surface area (Å²) < 4.78 is 90.3. The number of allylic oxidation sites excluding steroid dienone is 2. The van der Waals surface area contributed by atoms with Crippen molar-refractivity contribution in [1.29, 1.82) is 0 Å². The van der Waals surface area contributed by atoms with Crippen LogP contribution in [0.5, 0.6) is 0 Å². The lowest BCUT2D eigenvalue weighted by Crippen LogP contribution is -2.69. The minimum atomic E-state index is -2.24. The Kier molecular flexibility index (Phi) is 25.4. The van der Waals surface area contributed by atoms with Crippen molar-refractivity contribution >= 4 is 24.2 Å². The van der Waals surface area contributed by atoms with E-state index < -0.39 is 304 Å². The summed E-state index contributed by atoms with van der Waals surface area (Å²) in [5, 5.41) is 211. The number of esters is 2. The number of carboxylic acid groups (broad SMARTS) is 1. The van der Waals surface area contributed by atoms with E-state index in [1.165, 1.54) is 13.8 Å². The van der Waals surface area contributed by atoms with Crippen molar-refractivity contribution in [2.24, 2.45) is 50.2 Å². The summed E-state index contributed by atoms with van der Waals surface area (Å²) in [7, 11) is 0. The molecule has 0 unspecified atom stereocenters. The normalized spacial score (nSPS) is 53.7. The van der Waals surface area contributed by atoms with Crippen LogP contribution in [0.4, 0.5) is 0 Å². The van der Waals surface area contributed by atoms with Gasteiger partial charge in [0.2, 0.25) is 6.29 Å². The average Bonchev–Trinajstić information content (AvgIpc) is 0.669. The molecule has 0 bridgehead atoms. The molecule has 11 fully saturated rings. The first-order valence-corrected chi connectivity index (χ1v) is 37.9. The molecule has 38 nitrogen and oxygen atoms in total. The first-order valence-electron chi connectivity index (χ1n) is 37.9. The van der Waals surface area contributed by atoms with Crippen LogP contribution >= 0.6 is 0 Å². The maximum atomic E-state index is 16.2. The van der Waals surface area contributed by atoms with Crippen molar-refractivity contribution < 1.29 is 187 Å². The van der Waals surface area contributed by atoms with Crippen LogP contribution in [0, 0.1) is 50.2 Å². The Labute approximate surface area is 632 Å². The van der Waals surface area contributed by atoms with E-state index in [0.29, 0.717) is 38.5 Å². The van der Waals surface area contributed by atoms with Gasteiger partial charge in [-0.2, -0.15) is 0 Å². The second-order valence-corrected chi connectivity index (χ2v) is 34.2. The van der Waals surface area contributed by atoms with E-state index in [1.807, 2.05) is 13.8 Å². The minimum absolute atomic E-state index is 0.0259. The van der Waals surface area contributed by atoms with Gasteiger partial charge < -0.3 is 173 Å². The van der Waals surface area contributed by atoms with E-state index >= 15 is 4.79 Å². The molecule has 0 amide bonds. The number of carboxylic acids is 1. The lowest BCUT2D eigenvalue weighted by Gasteiger charge is -2.71. The van der Waals surface area contributed by atoms with E-state index in [1.54, 1.807) is 6.92 Å². The quantitative estimate of drug-likeness (QED) is 0.0247. The lowest BCUT2D eigenvalue weighted by molar-refractivity contribution is -0.391. The molecule has 4 saturated carbocycles. The van der Waals surface area contributed by atoms with Crippen molar-refractivity contribution in [2.75, 3.05) is 26.4 Å². The predicted molar refractivity (Wildman–Crippen MR) is 358 cm³/mol. The molecule has 0 radical (unpaired) electrons. The van der Waals surface area contributed by atoms with Crippen molar-refractivity contribution in [3.63, 3.8) is 0 Å². The molecule has 19 N–H and O–H groups in total. The van der Waals surface area contributed by atoms with Gasteiger partial charge in [-0.1, -0.05) is 53.2 Å². The number of fused-ring (bicyclic) bond motifs is 7. The largest absolute Gasteiger partial charge is 0.479 e. The summed E-state index contributed by atoms with van der Waals surface area (Å²) in [6, 6.07) is 0. The van der Waals surface area contributed by atoms with Gasteiger partial charge >= 0.3 is 17.9 Å². The first kappa shape index (κ1) is 85.9. The third-order valence-corrected chi connectivity index (χ3v) is 27.1. The van der Waals surface area contributed by atoms with Crippen LogP contribution in [0.3, 0.4) is 0 Å². The van der Waals surface area contributed by atoms with Crippen LogP contribution in [-0.2, 0) is 90.2 Å². The average molecular weight is 1590 g/mol. The second-order valence-electron chi connectivity index (χ2n) is 34.2. The molecule has 43 atom stereocenters. The Morgan fingerprint density at radius 3 is 1.61 bits per heavy atom. The molecule has 7 heterocycles. The van der Waals surface area contributed by atoms with E-state index in [2.05, 4.69) is 26.8 Å². The Hall–Kier alpha value is -3.42. The summed E-state index contributed by atoms with van der Waals surface area (Å²) in [6.45, 7) is 13.2. The van der Waals surface area contributed by atoms with Crippen molar-refractivity contribution in [3.05, 3.63) is 11.6 Å². The number of hydrogen-bond donors (Lipinski definition) is 19. The molecule has 7 saturated heterocycles. The molecule has 0 aromatic rings. The van der Waals surface area contributed by atoms with Crippen LogP contribution in [0.2, 0.25) is 0 Å². The minimum Gasteiger partial charge on any atom is -0.479 e. The highest BCUT2D eigenvalue weighted by molar-refractivity contribution is 5.80. The van der Waals surface area contributed by atoms with Crippen molar-refractivity contribution in [1.82, 2.24) is 0 Å². The zero-order valence-corrected chi connectivity index (χ0v) is 62.5. The van der Waals surface area contributed by atoms with Crippen LogP contribution in [0.15, 0.2) is 11.6 Å².